The van der Waals surface area contributed by atoms with E-state index in [2.05, 4.69) is 5.32 Å². The van der Waals surface area contributed by atoms with Gasteiger partial charge in [0.15, 0.2) is 0 Å². The van der Waals surface area contributed by atoms with Crippen molar-refractivity contribution in [3.63, 3.8) is 0 Å². The van der Waals surface area contributed by atoms with Gasteiger partial charge in [0, 0.05) is 12.6 Å². The first-order valence-corrected chi connectivity index (χ1v) is 5.96. The van der Waals surface area contributed by atoms with Crippen LogP contribution >= 0.6 is 11.6 Å². The van der Waals surface area contributed by atoms with Crippen LogP contribution in [0.4, 0.5) is 10.5 Å². The summed E-state index contributed by atoms with van der Waals surface area (Å²) < 4.78 is 5.05. The molecule has 0 aromatic heterocycles. The molecule has 0 aliphatic heterocycles. The van der Waals surface area contributed by atoms with Crippen LogP contribution in [0.5, 0.6) is 0 Å². The lowest BCUT2D eigenvalue weighted by Crippen LogP contribution is -2.32. The van der Waals surface area contributed by atoms with Gasteiger partial charge in [-0.2, -0.15) is 0 Å². The number of hydrogen-bond acceptors (Lipinski definition) is 4. The van der Waals surface area contributed by atoms with Crippen molar-refractivity contribution in [1.82, 2.24) is 5.32 Å². The summed E-state index contributed by atoms with van der Waals surface area (Å²) in [6, 6.07) is 4.35. The highest BCUT2D eigenvalue weighted by Gasteiger charge is 2.17. The van der Waals surface area contributed by atoms with E-state index in [1.165, 1.54) is 12.1 Å². The predicted molar refractivity (Wildman–Crippen MR) is 71.2 cm³/mol. The van der Waals surface area contributed by atoms with E-state index in [4.69, 9.17) is 16.3 Å². The van der Waals surface area contributed by atoms with Crippen molar-refractivity contribution in [3.05, 3.63) is 38.9 Å². The third kappa shape index (κ3) is 5.13. The molecule has 0 saturated heterocycles. The second kappa shape index (κ2) is 5.88. The Bertz CT molecular complexity index is 497. The summed E-state index contributed by atoms with van der Waals surface area (Å²) in [4.78, 5) is 21.6. The molecule has 19 heavy (non-hydrogen) atoms. The Kier molecular flexibility index (Phi) is 4.72. The maximum Gasteiger partial charge on any atom is 0.407 e. The van der Waals surface area contributed by atoms with Gasteiger partial charge in [0.25, 0.3) is 5.69 Å². The summed E-state index contributed by atoms with van der Waals surface area (Å²) in [5.41, 5.74) is -0.206. The molecule has 0 aliphatic carbocycles. The van der Waals surface area contributed by atoms with Gasteiger partial charge in [-0.05, 0) is 32.4 Å². The second-order valence-corrected chi connectivity index (χ2v) is 5.31. The minimum atomic E-state index is -0.587. The average molecular weight is 287 g/mol. The van der Waals surface area contributed by atoms with Crippen molar-refractivity contribution in [2.75, 3.05) is 0 Å². The van der Waals surface area contributed by atoms with Crippen LogP contribution in [0.1, 0.15) is 26.3 Å². The number of carbonyl (C=O) groups excluding carboxylic acids is 1. The number of benzene rings is 1. The molecule has 1 rings (SSSR count). The molecule has 1 aromatic rings. The van der Waals surface area contributed by atoms with Crippen LogP contribution in [0.3, 0.4) is 0 Å². The Labute approximate surface area is 115 Å². The third-order valence-electron chi connectivity index (χ3n) is 2.04. The van der Waals surface area contributed by atoms with Crippen molar-refractivity contribution >= 4 is 23.4 Å². The van der Waals surface area contributed by atoms with Gasteiger partial charge in [0.05, 0.1) is 4.92 Å². The molecule has 0 atom stereocenters. The van der Waals surface area contributed by atoms with Crippen molar-refractivity contribution in [3.8, 4) is 0 Å². The Morgan fingerprint density at radius 2 is 2.11 bits per heavy atom. The zero-order valence-corrected chi connectivity index (χ0v) is 11.7. The monoisotopic (exact) mass is 286 g/mol. The Morgan fingerprint density at radius 3 is 2.63 bits per heavy atom. The van der Waals surface area contributed by atoms with Crippen LogP contribution in [0.15, 0.2) is 18.2 Å². The van der Waals surface area contributed by atoms with Gasteiger partial charge >= 0.3 is 6.09 Å². The van der Waals surface area contributed by atoms with Crippen LogP contribution in [0.25, 0.3) is 0 Å². The summed E-state index contributed by atoms with van der Waals surface area (Å²) in [5.74, 6) is 0. The molecule has 0 radical (unpaired) electrons. The number of rotatable bonds is 3. The maximum atomic E-state index is 11.4. The van der Waals surface area contributed by atoms with Crippen LogP contribution in [0.2, 0.25) is 5.02 Å². The van der Waals surface area contributed by atoms with E-state index >= 15 is 0 Å². The molecule has 1 N–H and O–H groups in total. The quantitative estimate of drug-likeness (QED) is 0.683. The van der Waals surface area contributed by atoms with Crippen molar-refractivity contribution in [2.45, 2.75) is 32.9 Å². The number of alkyl carbamates (subject to hydrolysis) is 1. The summed E-state index contributed by atoms with van der Waals surface area (Å²) in [6.07, 6.45) is -0.579. The molecule has 0 bridgehead atoms. The molecule has 0 fully saturated rings. The molecule has 0 saturated carbocycles. The van der Waals surface area contributed by atoms with E-state index in [0.29, 0.717) is 5.56 Å². The number of halogens is 1. The first kappa shape index (κ1) is 15.2. The largest absolute Gasteiger partial charge is 0.444 e. The standard InChI is InChI=1S/C12H15ClN2O4/c1-12(2,3)19-11(16)14-7-8-4-5-9(13)10(6-8)15(17)18/h4-6H,7H2,1-3H3,(H,14,16). The predicted octanol–water partition coefficient (Wildman–Crippen LogP) is 3.27. The number of nitro benzene ring substituents is 1. The van der Waals surface area contributed by atoms with Crippen LogP contribution < -0.4 is 5.32 Å². The van der Waals surface area contributed by atoms with Crippen molar-refractivity contribution in [1.29, 1.82) is 0 Å². The summed E-state index contributed by atoms with van der Waals surface area (Å²) in [7, 11) is 0. The minimum absolute atomic E-state index is 0.0611. The summed E-state index contributed by atoms with van der Waals surface area (Å²) in [5, 5.41) is 13.3. The Balaban J connectivity index is 2.66. The van der Waals surface area contributed by atoms with E-state index < -0.39 is 16.6 Å². The Morgan fingerprint density at radius 1 is 1.47 bits per heavy atom. The topological polar surface area (TPSA) is 81.5 Å². The molecule has 1 amide bonds. The van der Waals surface area contributed by atoms with Gasteiger partial charge in [-0.1, -0.05) is 17.7 Å². The van der Waals surface area contributed by atoms with Crippen LogP contribution in [0, 0.1) is 10.1 Å². The maximum absolute atomic E-state index is 11.4. The number of ether oxygens (including phenoxy) is 1. The molecule has 0 heterocycles. The molecular formula is C12H15ClN2O4. The van der Waals surface area contributed by atoms with Gasteiger partial charge in [-0.25, -0.2) is 4.79 Å². The fourth-order valence-corrected chi connectivity index (χ4v) is 1.48. The first-order valence-electron chi connectivity index (χ1n) is 5.59. The van der Waals surface area contributed by atoms with Gasteiger partial charge in [0.1, 0.15) is 10.6 Å². The number of nitrogens with zero attached hydrogens (tertiary/aromatic N) is 1. The number of nitrogens with one attached hydrogen (secondary N) is 1. The first-order chi connectivity index (χ1) is 8.69. The Hall–Kier alpha value is -1.82. The fourth-order valence-electron chi connectivity index (χ4n) is 1.30. The summed E-state index contributed by atoms with van der Waals surface area (Å²) >= 11 is 5.69. The third-order valence-corrected chi connectivity index (χ3v) is 2.36. The lowest BCUT2D eigenvalue weighted by Gasteiger charge is -2.19. The van der Waals surface area contributed by atoms with Crippen molar-refractivity contribution in [2.24, 2.45) is 0 Å². The van der Waals surface area contributed by atoms with Crippen LogP contribution in [-0.4, -0.2) is 16.6 Å². The van der Waals surface area contributed by atoms with E-state index in [1.807, 2.05) is 0 Å². The highest BCUT2D eigenvalue weighted by atomic mass is 35.5. The second-order valence-electron chi connectivity index (χ2n) is 4.90. The van der Waals surface area contributed by atoms with Gasteiger partial charge in [-0.3, -0.25) is 10.1 Å². The normalized spacial score (nSPS) is 10.9. The number of carbonyl (C=O) groups is 1. The van der Waals surface area contributed by atoms with E-state index in [-0.39, 0.29) is 17.3 Å². The van der Waals surface area contributed by atoms with Crippen LogP contribution in [-0.2, 0) is 11.3 Å². The number of hydrogen-bond donors (Lipinski definition) is 1. The molecule has 0 aliphatic rings. The molecule has 6 nitrogen and oxygen atoms in total. The molecule has 1 aromatic carbocycles. The smallest absolute Gasteiger partial charge is 0.407 e. The molecular weight excluding hydrogens is 272 g/mol. The molecule has 7 heteroatoms. The van der Waals surface area contributed by atoms with E-state index in [9.17, 15) is 14.9 Å². The lowest BCUT2D eigenvalue weighted by molar-refractivity contribution is -0.384. The average Bonchev–Trinajstić information content (AvgIpc) is 2.25. The van der Waals surface area contributed by atoms with E-state index in [0.717, 1.165) is 0 Å². The fraction of sp³-hybridized carbons (Fsp3) is 0.417. The zero-order chi connectivity index (χ0) is 14.6. The van der Waals surface area contributed by atoms with E-state index in [1.54, 1.807) is 26.8 Å². The van der Waals surface area contributed by atoms with Gasteiger partial charge < -0.3 is 10.1 Å². The highest BCUT2D eigenvalue weighted by molar-refractivity contribution is 6.32. The molecule has 104 valence electrons. The highest BCUT2D eigenvalue weighted by Crippen LogP contribution is 2.24. The molecule has 0 unspecified atom stereocenters. The minimum Gasteiger partial charge on any atom is -0.444 e. The lowest BCUT2D eigenvalue weighted by atomic mass is 10.2. The molecule has 0 spiro atoms. The zero-order valence-electron chi connectivity index (χ0n) is 10.9. The summed E-state index contributed by atoms with van der Waals surface area (Å²) in [6.45, 7) is 5.38. The van der Waals surface area contributed by atoms with Crippen molar-refractivity contribution < 1.29 is 14.5 Å². The number of nitro groups is 1. The number of amides is 1. The SMILES string of the molecule is CC(C)(C)OC(=O)NCc1ccc(Cl)c([N+](=O)[O-])c1. The van der Waals surface area contributed by atoms with Gasteiger partial charge in [-0.15, -0.1) is 0 Å². The van der Waals surface area contributed by atoms with Gasteiger partial charge in [0.2, 0.25) is 0 Å².